The van der Waals surface area contributed by atoms with Crippen molar-refractivity contribution >= 4 is 27.9 Å². The summed E-state index contributed by atoms with van der Waals surface area (Å²) in [6.07, 6.45) is 16.8. The molecule has 1 unspecified atom stereocenters. The molecular weight excluding hydrogens is 637 g/mol. The Morgan fingerprint density at radius 3 is 2.21 bits per heavy atom. The van der Waals surface area contributed by atoms with Crippen LogP contribution in [-0.2, 0) is 17.3 Å². The Morgan fingerprint density at radius 2 is 1.50 bits per heavy atom. The quantitative estimate of drug-likeness (QED) is 0.138. The van der Waals surface area contributed by atoms with Crippen LogP contribution in [0.25, 0.3) is 10.8 Å². The largest absolute Gasteiger partial charge is 0.497 e. The van der Waals surface area contributed by atoms with E-state index in [1.54, 1.807) is 14.2 Å². The van der Waals surface area contributed by atoms with Gasteiger partial charge < -0.3 is 14.4 Å². The standard InChI is InChI=1S/C48H59N2O2/c1-34(2)26-30-49-43-25-23-39(52-7)32-42(43)48(28-11-8-12-29-48)45(49)17-13-16-44-47(5,33-36-18-21-38(51-6)22-19-36)41-24-20-37-14-9-10-15-40(37)46(41)50(44)31-27-35(3)4/h9-10,13-25,32,34-35H,8,11-12,26-31,33H2,1-7H3/q+1. The van der Waals surface area contributed by atoms with Gasteiger partial charge in [0.25, 0.3) is 0 Å². The lowest BCUT2D eigenvalue weighted by atomic mass is 9.67. The van der Waals surface area contributed by atoms with E-state index in [1.165, 1.54) is 82.4 Å². The number of nitrogens with zero attached hydrogens (tertiary/aromatic N) is 2. The van der Waals surface area contributed by atoms with Gasteiger partial charge in [0.15, 0.2) is 5.71 Å². The molecule has 1 saturated carbocycles. The van der Waals surface area contributed by atoms with E-state index < -0.39 is 0 Å². The van der Waals surface area contributed by atoms with Gasteiger partial charge in [-0.2, -0.15) is 4.58 Å². The predicted molar refractivity (Wildman–Crippen MR) is 219 cm³/mol. The third kappa shape index (κ3) is 6.59. The van der Waals surface area contributed by atoms with E-state index in [9.17, 15) is 0 Å². The molecule has 52 heavy (non-hydrogen) atoms. The predicted octanol–water partition coefficient (Wildman–Crippen LogP) is 11.7. The van der Waals surface area contributed by atoms with Crippen molar-refractivity contribution in [2.45, 2.75) is 96.8 Å². The first-order valence-corrected chi connectivity index (χ1v) is 19.8. The highest BCUT2D eigenvalue weighted by molar-refractivity contribution is 6.04. The Morgan fingerprint density at radius 1 is 0.788 bits per heavy atom. The van der Waals surface area contributed by atoms with E-state index in [0.717, 1.165) is 43.9 Å². The number of fused-ring (bicyclic) bond motifs is 5. The number of methoxy groups -OCH3 is 2. The van der Waals surface area contributed by atoms with Crippen LogP contribution in [0.2, 0.25) is 0 Å². The number of hydrogen-bond acceptors (Lipinski definition) is 3. The first-order chi connectivity index (χ1) is 25.2. The van der Waals surface area contributed by atoms with Gasteiger partial charge in [0.05, 0.1) is 25.3 Å². The van der Waals surface area contributed by atoms with Crippen LogP contribution in [0, 0.1) is 11.8 Å². The van der Waals surface area contributed by atoms with E-state index in [0.29, 0.717) is 11.8 Å². The van der Waals surface area contributed by atoms with E-state index >= 15 is 0 Å². The van der Waals surface area contributed by atoms with Gasteiger partial charge in [0.1, 0.15) is 18.0 Å². The maximum Gasteiger partial charge on any atom is 0.210 e. The van der Waals surface area contributed by atoms with Crippen LogP contribution in [0.3, 0.4) is 0 Å². The number of rotatable bonds is 12. The molecule has 0 amide bonds. The van der Waals surface area contributed by atoms with Gasteiger partial charge >= 0.3 is 0 Å². The van der Waals surface area contributed by atoms with Crippen LogP contribution in [0.4, 0.5) is 11.4 Å². The van der Waals surface area contributed by atoms with Crippen LogP contribution in [0.15, 0.2) is 103 Å². The second-order valence-electron chi connectivity index (χ2n) is 16.5. The summed E-state index contributed by atoms with van der Waals surface area (Å²) in [5.74, 6) is 3.10. The lowest BCUT2D eigenvalue weighted by molar-refractivity contribution is -0.439. The Balaban J connectivity index is 1.39. The molecular formula is C48H59N2O2+. The van der Waals surface area contributed by atoms with Gasteiger partial charge in [0.2, 0.25) is 5.69 Å². The summed E-state index contributed by atoms with van der Waals surface area (Å²) in [6, 6.07) is 29.2. The maximum absolute atomic E-state index is 5.82. The van der Waals surface area contributed by atoms with Crippen molar-refractivity contribution in [2.24, 2.45) is 11.8 Å². The Bertz CT molecular complexity index is 1990. The fraction of sp³-hybridized carbons (Fsp3) is 0.438. The summed E-state index contributed by atoms with van der Waals surface area (Å²) in [4.78, 5) is 2.68. The molecule has 1 spiro atoms. The van der Waals surface area contributed by atoms with E-state index in [-0.39, 0.29) is 10.8 Å². The summed E-state index contributed by atoms with van der Waals surface area (Å²) in [7, 11) is 3.54. The SMILES string of the molecule is COc1ccc(CC2(C)C(=CC=CC3=[N+](CCC(C)C)c4ccc(OC)cc4C34CCCCC4)N(CCC(C)C)c3c2ccc2ccccc32)cc1. The minimum atomic E-state index is -0.216. The fourth-order valence-corrected chi connectivity index (χ4v) is 9.35. The highest BCUT2D eigenvalue weighted by Crippen LogP contribution is 2.53. The zero-order valence-electron chi connectivity index (χ0n) is 32.7. The van der Waals surface area contributed by atoms with Gasteiger partial charge in [0, 0.05) is 47.2 Å². The summed E-state index contributed by atoms with van der Waals surface area (Å²) >= 11 is 0. The molecule has 0 aromatic heterocycles. The number of benzene rings is 4. The smallest absolute Gasteiger partial charge is 0.210 e. The summed E-state index contributed by atoms with van der Waals surface area (Å²) in [5, 5.41) is 2.64. The number of ether oxygens (including phenoxy) is 2. The van der Waals surface area contributed by atoms with Gasteiger partial charge in [-0.15, -0.1) is 0 Å². The molecule has 4 nitrogen and oxygen atoms in total. The number of hydrogen-bond donors (Lipinski definition) is 0. The second kappa shape index (κ2) is 15.0. The Hall–Kier alpha value is -4.31. The molecule has 0 radical (unpaired) electrons. The molecule has 1 atom stereocenters. The summed E-state index contributed by atoms with van der Waals surface area (Å²) in [5.41, 5.74) is 9.61. The van der Waals surface area contributed by atoms with Crippen molar-refractivity contribution < 1.29 is 14.0 Å². The molecule has 3 aliphatic rings. The monoisotopic (exact) mass is 695 g/mol. The van der Waals surface area contributed by atoms with E-state index in [4.69, 9.17) is 9.47 Å². The molecule has 4 aromatic rings. The summed E-state index contributed by atoms with van der Waals surface area (Å²) < 4.78 is 14.0. The van der Waals surface area contributed by atoms with Crippen LogP contribution >= 0.6 is 0 Å². The fourth-order valence-electron chi connectivity index (χ4n) is 9.35. The third-order valence-corrected chi connectivity index (χ3v) is 12.2. The van der Waals surface area contributed by atoms with Crippen LogP contribution in [0.1, 0.15) is 96.3 Å². The van der Waals surface area contributed by atoms with Gasteiger partial charge in [-0.3, -0.25) is 0 Å². The lowest BCUT2D eigenvalue weighted by Gasteiger charge is -2.32. The van der Waals surface area contributed by atoms with E-state index in [1.807, 2.05) is 0 Å². The highest BCUT2D eigenvalue weighted by atomic mass is 16.5. The molecule has 1 fully saturated rings. The molecule has 2 heterocycles. The third-order valence-electron chi connectivity index (χ3n) is 12.2. The molecule has 1 aliphatic carbocycles. The topological polar surface area (TPSA) is 24.7 Å². The van der Waals surface area contributed by atoms with Crippen molar-refractivity contribution in [1.82, 2.24) is 0 Å². The molecule has 4 aromatic carbocycles. The van der Waals surface area contributed by atoms with Gasteiger partial charge in [-0.05, 0) is 91.3 Å². The van der Waals surface area contributed by atoms with Crippen LogP contribution < -0.4 is 14.4 Å². The molecule has 0 N–H and O–H groups in total. The number of allylic oxidation sites excluding steroid dienone is 4. The van der Waals surface area contributed by atoms with Crippen molar-refractivity contribution in [2.75, 3.05) is 32.2 Å². The normalized spacial score (nSPS) is 20.2. The molecule has 4 heteroatoms. The molecule has 0 bridgehead atoms. The van der Waals surface area contributed by atoms with Crippen LogP contribution in [0.5, 0.6) is 11.5 Å². The second-order valence-corrected chi connectivity index (χ2v) is 16.5. The molecule has 7 rings (SSSR count). The van der Waals surface area contributed by atoms with Crippen molar-refractivity contribution in [3.05, 3.63) is 119 Å². The average molecular weight is 696 g/mol. The number of anilines is 1. The lowest BCUT2D eigenvalue weighted by Crippen LogP contribution is -2.36. The average Bonchev–Trinajstić information content (AvgIpc) is 3.54. The molecule has 2 aliphatic heterocycles. The van der Waals surface area contributed by atoms with Crippen molar-refractivity contribution in [1.29, 1.82) is 0 Å². The van der Waals surface area contributed by atoms with E-state index in [2.05, 4.69) is 141 Å². The minimum absolute atomic E-state index is 0.0205. The van der Waals surface area contributed by atoms with Gasteiger partial charge in [-0.1, -0.05) is 102 Å². The Labute approximate surface area is 312 Å². The first kappa shape index (κ1) is 36.1. The molecule has 272 valence electrons. The van der Waals surface area contributed by atoms with Gasteiger partial charge in [-0.25, -0.2) is 0 Å². The van der Waals surface area contributed by atoms with Crippen molar-refractivity contribution in [3.8, 4) is 11.5 Å². The zero-order chi connectivity index (χ0) is 36.5. The first-order valence-electron chi connectivity index (χ1n) is 19.8. The van der Waals surface area contributed by atoms with Crippen molar-refractivity contribution in [3.63, 3.8) is 0 Å². The molecule has 0 saturated heterocycles. The minimum Gasteiger partial charge on any atom is -0.497 e. The zero-order valence-corrected chi connectivity index (χ0v) is 32.7. The van der Waals surface area contributed by atoms with Crippen LogP contribution in [-0.4, -0.2) is 37.6 Å². The maximum atomic E-state index is 5.82. The highest BCUT2D eigenvalue weighted by Gasteiger charge is 2.51. The Kier molecular flexibility index (Phi) is 10.4. The summed E-state index contributed by atoms with van der Waals surface area (Å²) in [6.45, 7) is 13.9.